The van der Waals surface area contributed by atoms with Crippen molar-refractivity contribution in [1.29, 1.82) is 0 Å². The molecule has 1 aliphatic heterocycles. The molecular formula is C9H9NO3S2. The van der Waals surface area contributed by atoms with Crippen LogP contribution in [0.5, 0.6) is 0 Å². The van der Waals surface area contributed by atoms with Crippen LogP contribution in [0.2, 0.25) is 0 Å². The molecule has 0 radical (unpaired) electrons. The van der Waals surface area contributed by atoms with Gasteiger partial charge >= 0.3 is 0 Å². The third kappa shape index (κ3) is 2.40. The lowest BCUT2D eigenvalue weighted by Crippen LogP contribution is -2.27. The van der Waals surface area contributed by atoms with E-state index in [1.165, 1.54) is 6.08 Å². The number of rotatable bonds is 1. The Bertz CT molecular complexity index is 496. The summed E-state index contributed by atoms with van der Waals surface area (Å²) in [5.41, 5.74) is -0.163. The van der Waals surface area contributed by atoms with Gasteiger partial charge in [0.1, 0.15) is 0 Å². The van der Waals surface area contributed by atoms with Crippen LogP contribution in [0.15, 0.2) is 35.2 Å². The molecule has 0 aromatic heterocycles. The van der Waals surface area contributed by atoms with E-state index in [0.29, 0.717) is 0 Å². The smallest absolute Gasteiger partial charge is 0.241 e. The van der Waals surface area contributed by atoms with E-state index in [2.05, 4.69) is 0 Å². The highest BCUT2D eigenvalue weighted by Gasteiger charge is 2.22. The Labute approximate surface area is 92.4 Å². The molecule has 2 rings (SSSR count). The zero-order chi connectivity index (χ0) is 10.9. The Morgan fingerprint density at radius 1 is 1.33 bits per heavy atom. The Morgan fingerprint density at radius 2 is 2.07 bits per heavy atom. The van der Waals surface area contributed by atoms with E-state index in [1.54, 1.807) is 6.08 Å². The number of hydrogen-bond acceptors (Lipinski definition) is 4. The van der Waals surface area contributed by atoms with Gasteiger partial charge < -0.3 is 0 Å². The van der Waals surface area contributed by atoms with Crippen molar-refractivity contribution in [2.75, 3.05) is 0 Å². The largest absolute Gasteiger partial charge is 0.285 e. The Morgan fingerprint density at radius 3 is 2.80 bits per heavy atom. The standard InChI is InChI=1S/C9H9NO3S2/c10-15(11,12)9-6-5-7-3-1-2-4-8(7)14-13-9/h1-6,9H,(H2,10,11,12). The lowest BCUT2D eigenvalue weighted by Gasteiger charge is -2.07. The van der Waals surface area contributed by atoms with Gasteiger partial charge in [0, 0.05) is 16.9 Å². The van der Waals surface area contributed by atoms with Gasteiger partial charge in [0.2, 0.25) is 15.5 Å². The maximum Gasteiger partial charge on any atom is 0.241 e. The van der Waals surface area contributed by atoms with E-state index in [-0.39, 0.29) is 0 Å². The summed E-state index contributed by atoms with van der Waals surface area (Å²) in [6.07, 6.45) is 3.14. The first-order chi connectivity index (χ1) is 7.07. The third-order valence-electron chi connectivity index (χ3n) is 1.91. The maximum atomic E-state index is 11.1. The molecule has 15 heavy (non-hydrogen) atoms. The lowest BCUT2D eigenvalue weighted by molar-refractivity contribution is 0.373. The predicted molar refractivity (Wildman–Crippen MR) is 59.3 cm³/mol. The van der Waals surface area contributed by atoms with E-state index in [4.69, 9.17) is 9.32 Å². The molecule has 1 atom stereocenters. The molecule has 4 nitrogen and oxygen atoms in total. The molecule has 0 saturated heterocycles. The quantitative estimate of drug-likeness (QED) is 0.756. The van der Waals surface area contributed by atoms with Crippen LogP contribution in [0.1, 0.15) is 5.56 Å². The average molecular weight is 243 g/mol. The molecule has 0 saturated carbocycles. The summed E-state index contributed by atoms with van der Waals surface area (Å²) in [6.45, 7) is 0. The first-order valence-electron chi connectivity index (χ1n) is 4.19. The van der Waals surface area contributed by atoms with E-state index < -0.39 is 15.5 Å². The normalized spacial score (nSPS) is 20.7. The van der Waals surface area contributed by atoms with Gasteiger partial charge in [-0.2, -0.15) is 0 Å². The highest BCUT2D eigenvalue weighted by molar-refractivity contribution is 7.96. The molecule has 0 fully saturated rings. The molecule has 6 heteroatoms. The number of benzene rings is 1. The fourth-order valence-corrected chi connectivity index (χ4v) is 2.65. The number of primary sulfonamides is 1. The van der Waals surface area contributed by atoms with Crippen LogP contribution in [0.4, 0.5) is 0 Å². The summed E-state index contributed by atoms with van der Waals surface area (Å²) in [5.74, 6) is 0. The first-order valence-corrected chi connectivity index (χ1v) is 6.54. The summed E-state index contributed by atoms with van der Waals surface area (Å²) in [4.78, 5) is 0.875. The molecule has 1 unspecified atom stereocenters. The Hall–Kier alpha value is -0.820. The highest BCUT2D eigenvalue weighted by Crippen LogP contribution is 2.30. The minimum atomic E-state index is -3.70. The number of nitrogens with two attached hydrogens (primary N) is 1. The fourth-order valence-electron chi connectivity index (χ4n) is 1.17. The molecule has 1 aromatic carbocycles. The predicted octanol–water partition coefficient (Wildman–Crippen LogP) is 1.35. The van der Waals surface area contributed by atoms with E-state index in [0.717, 1.165) is 22.5 Å². The Balaban J connectivity index is 2.34. The first kappa shape index (κ1) is 10.7. The van der Waals surface area contributed by atoms with E-state index >= 15 is 0 Å². The average Bonchev–Trinajstić information content (AvgIpc) is 2.38. The van der Waals surface area contributed by atoms with Gasteiger partial charge in [-0.3, -0.25) is 4.18 Å². The molecule has 2 N–H and O–H groups in total. The van der Waals surface area contributed by atoms with Crippen LogP contribution in [0, 0.1) is 0 Å². The fraction of sp³-hybridized carbons (Fsp3) is 0.111. The van der Waals surface area contributed by atoms with Crippen molar-refractivity contribution in [2.45, 2.75) is 10.3 Å². The summed E-state index contributed by atoms with van der Waals surface area (Å²) in [6, 6.07) is 7.48. The van der Waals surface area contributed by atoms with Crippen molar-refractivity contribution in [2.24, 2.45) is 5.14 Å². The second kappa shape index (κ2) is 3.97. The zero-order valence-corrected chi connectivity index (χ0v) is 9.29. The van der Waals surface area contributed by atoms with Gasteiger partial charge in [0.25, 0.3) is 0 Å². The van der Waals surface area contributed by atoms with Crippen molar-refractivity contribution in [3.8, 4) is 0 Å². The van der Waals surface area contributed by atoms with Gasteiger partial charge in [-0.15, -0.1) is 0 Å². The monoisotopic (exact) mass is 243 g/mol. The topological polar surface area (TPSA) is 69.4 Å². The van der Waals surface area contributed by atoms with Crippen molar-refractivity contribution in [3.05, 3.63) is 35.9 Å². The maximum absolute atomic E-state index is 11.1. The molecule has 0 amide bonds. The third-order valence-corrected chi connectivity index (χ3v) is 3.79. The van der Waals surface area contributed by atoms with Crippen molar-refractivity contribution in [3.63, 3.8) is 0 Å². The van der Waals surface area contributed by atoms with Crippen LogP contribution in [0.25, 0.3) is 6.08 Å². The van der Waals surface area contributed by atoms with Crippen molar-refractivity contribution >= 4 is 28.1 Å². The van der Waals surface area contributed by atoms with Gasteiger partial charge in [-0.1, -0.05) is 24.3 Å². The van der Waals surface area contributed by atoms with Gasteiger partial charge in [0.05, 0.1) is 0 Å². The summed E-state index contributed by atoms with van der Waals surface area (Å²) in [5, 5.41) is 5.00. The van der Waals surface area contributed by atoms with Crippen LogP contribution in [0.3, 0.4) is 0 Å². The van der Waals surface area contributed by atoms with Crippen molar-refractivity contribution in [1.82, 2.24) is 0 Å². The lowest BCUT2D eigenvalue weighted by atomic mass is 10.2. The van der Waals surface area contributed by atoms with Crippen LogP contribution in [-0.2, 0) is 14.2 Å². The van der Waals surface area contributed by atoms with Gasteiger partial charge in [-0.05, 0) is 17.7 Å². The Kier molecular flexibility index (Phi) is 2.83. The minimum absolute atomic E-state index is 0.875. The number of fused-ring (bicyclic) bond motifs is 1. The minimum Gasteiger partial charge on any atom is -0.285 e. The summed E-state index contributed by atoms with van der Waals surface area (Å²) in [7, 11) is -3.70. The molecule has 0 aliphatic carbocycles. The number of hydrogen-bond donors (Lipinski definition) is 1. The molecule has 80 valence electrons. The van der Waals surface area contributed by atoms with Crippen LogP contribution in [-0.4, -0.2) is 13.9 Å². The molecule has 0 spiro atoms. The molecule has 0 bridgehead atoms. The molecule has 1 aliphatic rings. The zero-order valence-electron chi connectivity index (χ0n) is 7.66. The second-order valence-corrected chi connectivity index (χ2v) is 5.48. The van der Waals surface area contributed by atoms with Gasteiger partial charge in [0.15, 0.2) is 0 Å². The van der Waals surface area contributed by atoms with Crippen LogP contribution >= 0.6 is 12.0 Å². The molecular weight excluding hydrogens is 234 g/mol. The molecule has 1 heterocycles. The SMILES string of the molecule is NS(=O)(=O)C1C=Cc2ccccc2SO1. The van der Waals surface area contributed by atoms with E-state index in [1.807, 2.05) is 24.3 Å². The second-order valence-electron chi connectivity index (χ2n) is 3.03. The highest BCUT2D eigenvalue weighted by atomic mass is 32.2. The van der Waals surface area contributed by atoms with Crippen molar-refractivity contribution < 1.29 is 12.6 Å². The molecule has 1 aromatic rings. The van der Waals surface area contributed by atoms with Gasteiger partial charge in [-0.25, -0.2) is 13.6 Å². The van der Waals surface area contributed by atoms with E-state index in [9.17, 15) is 8.42 Å². The summed E-state index contributed by atoms with van der Waals surface area (Å²) < 4.78 is 27.3. The van der Waals surface area contributed by atoms with Crippen LogP contribution < -0.4 is 5.14 Å². The number of sulfonamides is 1. The summed E-state index contributed by atoms with van der Waals surface area (Å²) >= 11 is 1.02.